The Morgan fingerprint density at radius 2 is 1.96 bits per heavy atom. The van der Waals surface area contributed by atoms with E-state index in [1.54, 1.807) is 0 Å². The van der Waals surface area contributed by atoms with E-state index in [9.17, 15) is 22.8 Å². The van der Waals surface area contributed by atoms with E-state index in [1.165, 1.54) is 11.8 Å². The average Bonchev–Trinajstić information content (AvgIpc) is 2.81. The maximum absolute atomic E-state index is 12.9. The van der Waals surface area contributed by atoms with Crippen LogP contribution in [-0.2, 0) is 4.79 Å². The highest BCUT2D eigenvalue weighted by Gasteiger charge is 2.50. The van der Waals surface area contributed by atoms with Gasteiger partial charge in [0.05, 0.1) is 12.5 Å². The molecule has 0 spiro atoms. The van der Waals surface area contributed by atoms with Crippen LogP contribution in [0.3, 0.4) is 0 Å². The highest BCUT2D eigenvalue weighted by molar-refractivity contribution is 5.75. The number of urea groups is 1. The number of rotatable bonds is 5. The van der Waals surface area contributed by atoms with Gasteiger partial charge in [-0.3, -0.25) is 9.69 Å². The first-order chi connectivity index (χ1) is 11.1. The fourth-order valence-electron chi connectivity index (χ4n) is 3.60. The van der Waals surface area contributed by atoms with Crippen molar-refractivity contribution < 1.29 is 27.9 Å². The number of hydrogen-bond donors (Lipinski definition) is 2. The highest BCUT2D eigenvalue weighted by Crippen LogP contribution is 2.38. The lowest BCUT2D eigenvalue weighted by molar-refractivity contribution is -0.177. The summed E-state index contributed by atoms with van der Waals surface area (Å²) in [5.41, 5.74) is 0. The van der Waals surface area contributed by atoms with E-state index in [4.69, 9.17) is 5.11 Å². The number of likely N-dealkylation sites (N-methyl/N-ethyl adjacent to an activating group) is 1. The van der Waals surface area contributed by atoms with Gasteiger partial charge in [0.15, 0.2) is 0 Å². The molecular formula is C15H24F3N3O3. The van der Waals surface area contributed by atoms with Crippen LogP contribution in [0.5, 0.6) is 0 Å². The van der Waals surface area contributed by atoms with Crippen molar-refractivity contribution in [1.82, 2.24) is 15.1 Å². The lowest BCUT2D eigenvalue weighted by Crippen LogP contribution is -2.57. The number of nitrogens with one attached hydrogen (secondary N) is 1. The molecule has 2 N–H and O–H groups in total. The Kier molecular flexibility index (Phi) is 5.62. The van der Waals surface area contributed by atoms with Crippen molar-refractivity contribution in [2.75, 3.05) is 19.6 Å². The van der Waals surface area contributed by atoms with E-state index in [0.29, 0.717) is 19.4 Å². The van der Waals surface area contributed by atoms with Gasteiger partial charge in [-0.05, 0) is 32.7 Å². The second-order valence-electron chi connectivity index (χ2n) is 6.60. The van der Waals surface area contributed by atoms with Gasteiger partial charge < -0.3 is 15.3 Å². The second kappa shape index (κ2) is 7.16. The number of alkyl halides is 3. The van der Waals surface area contributed by atoms with Crippen LogP contribution < -0.4 is 5.32 Å². The summed E-state index contributed by atoms with van der Waals surface area (Å²) in [6.45, 7) is 3.97. The molecule has 0 aromatic rings. The molecule has 1 saturated carbocycles. The van der Waals surface area contributed by atoms with Crippen molar-refractivity contribution in [3.05, 3.63) is 0 Å². The maximum atomic E-state index is 12.9. The zero-order valence-corrected chi connectivity index (χ0v) is 13.8. The third-order valence-electron chi connectivity index (χ3n) is 5.14. The zero-order chi connectivity index (χ0) is 18.1. The molecule has 6 nitrogen and oxygen atoms in total. The summed E-state index contributed by atoms with van der Waals surface area (Å²) >= 11 is 0. The first-order valence-electron chi connectivity index (χ1n) is 8.23. The molecule has 1 aliphatic carbocycles. The predicted octanol–water partition coefficient (Wildman–Crippen LogP) is 1.91. The minimum absolute atomic E-state index is 0.0434. The molecule has 2 amide bonds. The van der Waals surface area contributed by atoms with E-state index < -0.39 is 30.1 Å². The number of halogens is 3. The topological polar surface area (TPSA) is 72.9 Å². The van der Waals surface area contributed by atoms with Gasteiger partial charge in [-0.25, -0.2) is 4.79 Å². The number of hydrogen-bond acceptors (Lipinski definition) is 3. The monoisotopic (exact) mass is 351 g/mol. The molecule has 0 radical (unpaired) electrons. The predicted molar refractivity (Wildman–Crippen MR) is 80.6 cm³/mol. The minimum atomic E-state index is -4.28. The standard InChI is InChI=1S/C15H24F3N3O3/c1-3-20(8-13(22)23)11-6-10(7-11)19-14(24)21-5-4-12(9(21)2)15(16,17)18/h9-12H,3-8H2,1-2H3,(H,19,24)(H,22,23). The summed E-state index contributed by atoms with van der Waals surface area (Å²) in [6, 6.07) is -1.34. The summed E-state index contributed by atoms with van der Waals surface area (Å²) in [7, 11) is 0. The van der Waals surface area contributed by atoms with E-state index >= 15 is 0 Å². The van der Waals surface area contributed by atoms with Crippen LogP contribution >= 0.6 is 0 Å². The fourth-order valence-corrected chi connectivity index (χ4v) is 3.60. The van der Waals surface area contributed by atoms with Crippen molar-refractivity contribution in [3.63, 3.8) is 0 Å². The van der Waals surface area contributed by atoms with Crippen molar-refractivity contribution in [1.29, 1.82) is 0 Å². The fraction of sp³-hybridized carbons (Fsp3) is 0.867. The van der Waals surface area contributed by atoms with Crippen LogP contribution in [0.25, 0.3) is 0 Å². The first-order valence-corrected chi connectivity index (χ1v) is 8.23. The molecule has 2 fully saturated rings. The summed E-state index contributed by atoms with van der Waals surface area (Å²) in [5, 5.41) is 11.6. The summed E-state index contributed by atoms with van der Waals surface area (Å²) < 4.78 is 38.6. The molecule has 1 heterocycles. The molecule has 24 heavy (non-hydrogen) atoms. The third kappa shape index (κ3) is 4.12. The van der Waals surface area contributed by atoms with Gasteiger partial charge in [-0.2, -0.15) is 13.2 Å². The van der Waals surface area contributed by atoms with Crippen molar-refractivity contribution in [2.45, 2.75) is 57.4 Å². The van der Waals surface area contributed by atoms with E-state index in [-0.39, 0.29) is 31.6 Å². The first kappa shape index (κ1) is 18.8. The Hall–Kier alpha value is -1.51. The van der Waals surface area contributed by atoms with Crippen molar-refractivity contribution >= 4 is 12.0 Å². The van der Waals surface area contributed by atoms with Crippen LogP contribution in [0.4, 0.5) is 18.0 Å². The summed E-state index contributed by atoms with van der Waals surface area (Å²) in [5.74, 6) is -2.36. The quantitative estimate of drug-likeness (QED) is 0.794. The van der Waals surface area contributed by atoms with Gasteiger partial charge >= 0.3 is 18.2 Å². The maximum Gasteiger partial charge on any atom is 0.393 e. The Balaban J connectivity index is 1.80. The lowest BCUT2D eigenvalue weighted by atomic mass is 9.85. The van der Waals surface area contributed by atoms with E-state index in [1.807, 2.05) is 11.8 Å². The third-order valence-corrected chi connectivity index (χ3v) is 5.14. The number of carbonyl (C=O) groups is 2. The average molecular weight is 351 g/mol. The molecule has 2 aliphatic rings. The van der Waals surface area contributed by atoms with Crippen LogP contribution in [0.15, 0.2) is 0 Å². The molecule has 0 bridgehead atoms. The van der Waals surface area contributed by atoms with Gasteiger partial charge in [-0.1, -0.05) is 6.92 Å². The summed E-state index contributed by atoms with van der Waals surface area (Å²) in [4.78, 5) is 26.1. The molecular weight excluding hydrogens is 327 g/mol. The molecule has 138 valence electrons. The number of likely N-dealkylation sites (tertiary alicyclic amines) is 1. The lowest BCUT2D eigenvalue weighted by Gasteiger charge is -2.43. The van der Waals surface area contributed by atoms with Gasteiger partial charge in [-0.15, -0.1) is 0 Å². The SMILES string of the molecule is CCN(CC(=O)O)C1CC(NC(=O)N2CCC(C(F)(F)F)C2C)C1. The molecule has 1 saturated heterocycles. The van der Waals surface area contributed by atoms with Crippen molar-refractivity contribution in [3.8, 4) is 0 Å². The number of carboxylic acid groups (broad SMARTS) is 1. The van der Waals surface area contributed by atoms with Gasteiger partial charge in [0.1, 0.15) is 0 Å². The molecule has 1 aliphatic heterocycles. The Bertz CT molecular complexity index is 480. The van der Waals surface area contributed by atoms with Gasteiger partial charge in [0, 0.05) is 24.7 Å². The van der Waals surface area contributed by atoms with Crippen LogP contribution in [-0.4, -0.2) is 70.8 Å². The van der Waals surface area contributed by atoms with Gasteiger partial charge in [0.2, 0.25) is 0 Å². The molecule has 2 rings (SSSR count). The zero-order valence-electron chi connectivity index (χ0n) is 13.8. The normalized spacial score (nSPS) is 30.3. The second-order valence-corrected chi connectivity index (χ2v) is 6.60. The molecule has 0 aromatic carbocycles. The Labute approximate surface area is 139 Å². The highest BCUT2D eigenvalue weighted by atomic mass is 19.4. The van der Waals surface area contributed by atoms with Gasteiger partial charge in [0.25, 0.3) is 0 Å². The molecule has 9 heteroatoms. The minimum Gasteiger partial charge on any atom is -0.480 e. The van der Waals surface area contributed by atoms with Crippen LogP contribution in [0.2, 0.25) is 0 Å². The number of carboxylic acids is 1. The van der Waals surface area contributed by atoms with Crippen LogP contribution in [0, 0.1) is 5.92 Å². The number of nitrogens with zero attached hydrogens (tertiary/aromatic N) is 2. The smallest absolute Gasteiger partial charge is 0.393 e. The Morgan fingerprint density at radius 3 is 2.42 bits per heavy atom. The Morgan fingerprint density at radius 1 is 1.33 bits per heavy atom. The number of aliphatic carboxylic acids is 1. The summed E-state index contributed by atoms with van der Waals surface area (Å²) in [6.07, 6.45) is -3.10. The molecule has 0 aromatic heterocycles. The van der Waals surface area contributed by atoms with Crippen molar-refractivity contribution in [2.24, 2.45) is 5.92 Å². The number of amides is 2. The van der Waals surface area contributed by atoms with Crippen LogP contribution in [0.1, 0.15) is 33.1 Å². The molecule has 2 unspecified atom stereocenters. The van der Waals surface area contributed by atoms with E-state index in [2.05, 4.69) is 5.32 Å². The number of carbonyl (C=O) groups excluding carboxylic acids is 1. The largest absolute Gasteiger partial charge is 0.480 e. The molecule has 2 atom stereocenters. The van der Waals surface area contributed by atoms with E-state index in [0.717, 1.165) is 0 Å².